The van der Waals surface area contributed by atoms with Gasteiger partial charge in [-0.25, -0.2) is 10.0 Å². The minimum absolute atomic E-state index is 0.00523. The number of primary amides is 1. The topological polar surface area (TPSA) is 117 Å². The molecule has 0 spiro atoms. The average Bonchev–Trinajstić information content (AvgIpc) is 3.33. The van der Waals surface area contributed by atoms with E-state index in [0.29, 0.717) is 48.4 Å². The van der Waals surface area contributed by atoms with Gasteiger partial charge in [-0.2, -0.15) is 0 Å². The molecule has 2 fully saturated rings. The van der Waals surface area contributed by atoms with Crippen molar-refractivity contribution in [3.63, 3.8) is 0 Å². The monoisotopic (exact) mass is 440 g/mol. The fourth-order valence-electron chi connectivity index (χ4n) is 4.29. The number of methoxy groups -OCH3 is 1. The summed E-state index contributed by atoms with van der Waals surface area (Å²) < 4.78 is 11.0. The molecule has 2 heterocycles. The van der Waals surface area contributed by atoms with E-state index in [4.69, 9.17) is 20.0 Å². The van der Waals surface area contributed by atoms with E-state index in [0.717, 1.165) is 25.7 Å². The molecule has 2 aliphatic rings. The first kappa shape index (κ1) is 22.0. The van der Waals surface area contributed by atoms with E-state index in [1.165, 1.54) is 5.06 Å². The Kier molecular flexibility index (Phi) is 6.84. The highest BCUT2D eigenvalue weighted by molar-refractivity contribution is 5.93. The molecule has 1 aromatic carbocycles. The van der Waals surface area contributed by atoms with Gasteiger partial charge in [-0.1, -0.05) is 6.07 Å². The highest BCUT2D eigenvalue weighted by atomic mass is 16.7. The highest BCUT2D eigenvalue weighted by Gasteiger charge is 2.38. The van der Waals surface area contributed by atoms with Crippen molar-refractivity contribution in [2.75, 3.05) is 20.3 Å². The third kappa shape index (κ3) is 4.99. The zero-order valence-electron chi connectivity index (χ0n) is 18.1. The number of hydrogen-bond donors (Lipinski definition) is 1. The fourth-order valence-corrected chi connectivity index (χ4v) is 4.29. The van der Waals surface area contributed by atoms with E-state index in [-0.39, 0.29) is 17.9 Å². The molecule has 32 heavy (non-hydrogen) atoms. The summed E-state index contributed by atoms with van der Waals surface area (Å²) in [7, 11) is 1.54. The first-order chi connectivity index (χ1) is 15.5. The van der Waals surface area contributed by atoms with Gasteiger partial charge in [-0.05, 0) is 49.8 Å². The summed E-state index contributed by atoms with van der Waals surface area (Å²) in [5.74, 6) is 0.859. The number of amides is 2. The van der Waals surface area contributed by atoms with Crippen molar-refractivity contribution in [2.45, 2.75) is 38.1 Å². The SMILES string of the molecule is COc1cncc([C@@H]2CCON2C(=O)[C@H]2CC[C@H](COc3cccc(C(N)=O)c3)CC2)n1. The lowest BCUT2D eigenvalue weighted by Gasteiger charge is -2.31. The van der Waals surface area contributed by atoms with Gasteiger partial charge in [0.05, 0.1) is 38.4 Å². The molecule has 1 aromatic heterocycles. The number of rotatable bonds is 7. The van der Waals surface area contributed by atoms with Crippen LogP contribution in [0.5, 0.6) is 11.6 Å². The molecular formula is C23H28N4O5. The largest absolute Gasteiger partial charge is 0.493 e. The van der Waals surface area contributed by atoms with Gasteiger partial charge in [-0.15, -0.1) is 0 Å². The van der Waals surface area contributed by atoms with Crippen molar-refractivity contribution in [1.82, 2.24) is 15.0 Å². The van der Waals surface area contributed by atoms with Gasteiger partial charge in [-0.3, -0.25) is 19.4 Å². The second-order valence-electron chi connectivity index (χ2n) is 8.21. The van der Waals surface area contributed by atoms with Crippen molar-refractivity contribution in [3.05, 3.63) is 47.9 Å². The van der Waals surface area contributed by atoms with Crippen LogP contribution in [0.25, 0.3) is 0 Å². The molecular weight excluding hydrogens is 412 g/mol. The van der Waals surface area contributed by atoms with Crippen LogP contribution in [0.3, 0.4) is 0 Å². The van der Waals surface area contributed by atoms with Crippen molar-refractivity contribution in [1.29, 1.82) is 0 Å². The van der Waals surface area contributed by atoms with Crippen LogP contribution >= 0.6 is 0 Å². The van der Waals surface area contributed by atoms with Crippen LogP contribution in [0.2, 0.25) is 0 Å². The summed E-state index contributed by atoms with van der Waals surface area (Å²) in [4.78, 5) is 38.8. The molecule has 2 amide bonds. The van der Waals surface area contributed by atoms with Gasteiger partial charge < -0.3 is 15.2 Å². The summed E-state index contributed by atoms with van der Waals surface area (Å²) in [5.41, 5.74) is 6.43. The quantitative estimate of drug-likeness (QED) is 0.703. The Morgan fingerprint density at radius 2 is 2.00 bits per heavy atom. The fraction of sp³-hybridized carbons (Fsp3) is 0.478. The number of aromatic nitrogens is 2. The standard InChI is InChI=1S/C23H28N4O5/c1-30-21-13-25-12-19(26-21)20-9-10-32-27(20)23(29)16-7-5-15(6-8-16)14-31-18-4-2-3-17(11-18)22(24)28/h2-4,11-13,15-16,20H,5-10,14H2,1H3,(H2,24,28)/t15-,16-,20-/m0/s1. The summed E-state index contributed by atoms with van der Waals surface area (Å²) in [6, 6.07) is 6.64. The Morgan fingerprint density at radius 1 is 1.19 bits per heavy atom. The zero-order chi connectivity index (χ0) is 22.5. The number of nitrogens with zero attached hydrogens (tertiary/aromatic N) is 3. The van der Waals surface area contributed by atoms with Crippen molar-refractivity contribution in [2.24, 2.45) is 17.6 Å². The third-order valence-corrected chi connectivity index (χ3v) is 6.10. The van der Waals surface area contributed by atoms with E-state index in [2.05, 4.69) is 9.97 Å². The lowest BCUT2D eigenvalue weighted by atomic mass is 9.81. The molecule has 9 nitrogen and oxygen atoms in total. The maximum Gasteiger partial charge on any atom is 0.249 e. The molecule has 1 atom stereocenters. The first-order valence-corrected chi connectivity index (χ1v) is 10.9. The number of hydrogen-bond acceptors (Lipinski definition) is 7. The zero-order valence-corrected chi connectivity index (χ0v) is 18.1. The Balaban J connectivity index is 1.30. The summed E-state index contributed by atoms with van der Waals surface area (Å²) in [5, 5.41) is 1.49. The van der Waals surface area contributed by atoms with Gasteiger partial charge >= 0.3 is 0 Å². The smallest absolute Gasteiger partial charge is 0.249 e. The Hall–Kier alpha value is -3.20. The molecule has 1 saturated carbocycles. The maximum atomic E-state index is 13.2. The molecule has 2 aromatic rings. The number of carbonyl (C=O) groups is 2. The summed E-state index contributed by atoms with van der Waals surface area (Å²) >= 11 is 0. The number of hydroxylamine groups is 2. The van der Waals surface area contributed by atoms with Crippen molar-refractivity contribution >= 4 is 11.8 Å². The normalized spacial score (nSPS) is 23.0. The van der Waals surface area contributed by atoms with E-state index >= 15 is 0 Å². The first-order valence-electron chi connectivity index (χ1n) is 10.9. The van der Waals surface area contributed by atoms with Crippen LogP contribution in [0, 0.1) is 11.8 Å². The van der Waals surface area contributed by atoms with Crippen molar-refractivity contribution in [3.8, 4) is 11.6 Å². The van der Waals surface area contributed by atoms with Crippen molar-refractivity contribution < 1.29 is 23.9 Å². The van der Waals surface area contributed by atoms with Crippen LogP contribution in [-0.2, 0) is 9.63 Å². The molecule has 1 aliphatic carbocycles. The van der Waals surface area contributed by atoms with Crippen LogP contribution in [0.4, 0.5) is 0 Å². The lowest BCUT2D eigenvalue weighted by molar-refractivity contribution is -0.183. The number of ether oxygens (including phenoxy) is 2. The van der Waals surface area contributed by atoms with E-state index in [1.807, 2.05) is 6.07 Å². The molecule has 9 heteroatoms. The highest BCUT2D eigenvalue weighted by Crippen LogP contribution is 2.36. The predicted molar refractivity (Wildman–Crippen MR) is 115 cm³/mol. The molecule has 2 N–H and O–H groups in total. The second kappa shape index (κ2) is 9.95. The van der Waals surface area contributed by atoms with Gasteiger partial charge in [0, 0.05) is 17.9 Å². The molecule has 0 radical (unpaired) electrons. The van der Waals surface area contributed by atoms with Gasteiger partial charge in [0.25, 0.3) is 0 Å². The molecule has 0 unspecified atom stereocenters. The Morgan fingerprint density at radius 3 is 2.75 bits per heavy atom. The van der Waals surface area contributed by atoms with E-state index in [9.17, 15) is 9.59 Å². The third-order valence-electron chi connectivity index (χ3n) is 6.10. The molecule has 4 rings (SSSR count). The number of benzene rings is 1. The second-order valence-corrected chi connectivity index (χ2v) is 8.21. The minimum atomic E-state index is -0.475. The Bertz CT molecular complexity index is 961. The van der Waals surface area contributed by atoms with E-state index < -0.39 is 5.91 Å². The summed E-state index contributed by atoms with van der Waals surface area (Å²) in [6.45, 7) is 1.02. The maximum absolute atomic E-state index is 13.2. The van der Waals surface area contributed by atoms with Gasteiger partial charge in [0.2, 0.25) is 17.7 Å². The molecule has 0 bridgehead atoms. The average molecular weight is 441 g/mol. The van der Waals surface area contributed by atoms with Crippen LogP contribution < -0.4 is 15.2 Å². The van der Waals surface area contributed by atoms with Crippen LogP contribution in [-0.4, -0.2) is 47.2 Å². The molecule has 170 valence electrons. The molecule has 1 aliphatic heterocycles. The number of carbonyl (C=O) groups excluding carboxylic acids is 2. The van der Waals surface area contributed by atoms with Crippen LogP contribution in [0.15, 0.2) is 36.7 Å². The lowest BCUT2D eigenvalue weighted by Crippen LogP contribution is -2.37. The van der Waals surface area contributed by atoms with Gasteiger partial charge in [0.15, 0.2) is 0 Å². The minimum Gasteiger partial charge on any atom is -0.493 e. The predicted octanol–water partition coefficient (Wildman–Crippen LogP) is 2.67. The van der Waals surface area contributed by atoms with Crippen LogP contribution in [0.1, 0.15) is 54.2 Å². The van der Waals surface area contributed by atoms with Gasteiger partial charge in [0.1, 0.15) is 11.8 Å². The number of nitrogens with two attached hydrogens (primary N) is 1. The summed E-state index contributed by atoms with van der Waals surface area (Å²) in [6.07, 6.45) is 7.23. The van der Waals surface area contributed by atoms with E-state index in [1.54, 1.807) is 37.7 Å². The Labute approximate surface area is 186 Å². The molecule has 1 saturated heterocycles.